The van der Waals surface area contributed by atoms with E-state index in [2.05, 4.69) is 14.7 Å². The Hall–Kier alpha value is -3.61. The molecule has 1 N–H and O–H groups in total. The molecule has 1 atom stereocenters. The summed E-state index contributed by atoms with van der Waals surface area (Å²) in [5, 5.41) is 2.96. The van der Waals surface area contributed by atoms with Crippen LogP contribution in [0.25, 0.3) is 11.3 Å². The smallest absolute Gasteiger partial charge is 0.221 e. The maximum Gasteiger partial charge on any atom is 0.221 e. The van der Waals surface area contributed by atoms with Crippen molar-refractivity contribution in [1.29, 1.82) is 0 Å². The summed E-state index contributed by atoms with van der Waals surface area (Å²) in [6.45, 7) is 0.426. The van der Waals surface area contributed by atoms with Crippen molar-refractivity contribution in [1.82, 2.24) is 24.3 Å². The largest absolute Gasteiger partial charge is 0.497 e. The van der Waals surface area contributed by atoms with Gasteiger partial charge in [0.15, 0.2) is 0 Å². The molecular weight excluding hydrogens is 354 g/mol. The molecule has 7 heteroatoms. The quantitative estimate of drug-likeness (QED) is 0.599. The summed E-state index contributed by atoms with van der Waals surface area (Å²) in [6.07, 6.45) is 6.00. The maximum atomic E-state index is 12.4. The molecule has 0 spiro atoms. The lowest BCUT2D eigenvalue weighted by atomic mass is 9.99. The zero-order valence-corrected chi connectivity index (χ0v) is 15.4. The van der Waals surface area contributed by atoms with Crippen LogP contribution in [0.15, 0.2) is 61.1 Å². The molecule has 0 saturated carbocycles. The second-order valence-electron chi connectivity index (χ2n) is 6.76. The SMILES string of the molecule is COc1ccc(-n2ccnc2[C@H]2CC(=O)NCc3nc4ccccn4c32)cc1. The van der Waals surface area contributed by atoms with Gasteiger partial charge in [-0.3, -0.25) is 4.79 Å². The third kappa shape index (κ3) is 2.63. The van der Waals surface area contributed by atoms with Crippen LogP contribution in [-0.4, -0.2) is 32.0 Å². The van der Waals surface area contributed by atoms with E-state index in [1.807, 2.05) is 59.4 Å². The number of carbonyl (C=O) groups is 1. The summed E-state index contributed by atoms with van der Waals surface area (Å²) in [6, 6.07) is 13.7. The van der Waals surface area contributed by atoms with Crippen LogP contribution in [0.3, 0.4) is 0 Å². The van der Waals surface area contributed by atoms with Gasteiger partial charge in [-0.2, -0.15) is 0 Å². The van der Waals surface area contributed by atoms with E-state index in [1.165, 1.54) is 0 Å². The van der Waals surface area contributed by atoms with Crippen molar-refractivity contribution >= 4 is 11.6 Å². The Bertz CT molecular complexity index is 1160. The van der Waals surface area contributed by atoms with Crippen molar-refractivity contribution in [2.45, 2.75) is 18.9 Å². The Morgan fingerprint density at radius 1 is 1.14 bits per heavy atom. The standard InChI is InChI=1S/C21H19N5O2/c1-28-15-7-5-14(6-8-15)25-11-9-22-21(25)16-12-19(27)23-13-17-20(16)26-10-3-2-4-18(26)24-17/h2-11,16H,12-13H2,1H3,(H,23,27)/t16-/m0/s1. The van der Waals surface area contributed by atoms with E-state index in [9.17, 15) is 4.79 Å². The molecule has 4 heterocycles. The summed E-state index contributed by atoms with van der Waals surface area (Å²) in [4.78, 5) is 21.8. The van der Waals surface area contributed by atoms with Crippen molar-refractivity contribution < 1.29 is 9.53 Å². The number of methoxy groups -OCH3 is 1. The molecule has 1 amide bonds. The number of ether oxygens (including phenoxy) is 1. The number of rotatable bonds is 3. The Morgan fingerprint density at radius 2 is 2.00 bits per heavy atom. The molecule has 28 heavy (non-hydrogen) atoms. The third-order valence-electron chi connectivity index (χ3n) is 5.15. The fraction of sp³-hybridized carbons (Fsp3) is 0.190. The fourth-order valence-electron chi connectivity index (χ4n) is 3.85. The van der Waals surface area contributed by atoms with Crippen molar-refractivity contribution in [3.8, 4) is 11.4 Å². The highest BCUT2D eigenvalue weighted by Gasteiger charge is 2.31. The van der Waals surface area contributed by atoms with Crippen LogP contribution in [0.4, 0.5) is 0 Å². The molecule has 140 valence electrons. The highest BCUT2D eigenvalue weighted by Crippen LogP contribution is 2.33. The van der Waals surface area contributed by atoms with Gasteiger partial charge in [0, 0.05) is 30.7 Å². The maximum absolute atomic E-state index is 12.4. The molecule has 0 bridgehead atoms. The molecule has 0 saturated heterocycles. The van der Waals surface area contributed by atoms with E-state index in [0.29, 0.717) is 13.0 Å². The number of hydrogen-bond acceptors (Lipinski definition) is 4. The van der Waals surface area contributed by atoms with Gasteiger partial charge in [0.1, 0.15) is 17.2 Å². The van der Waals surface area contributed by atoms with Crippen LogP contribution in [0.2, 0.25) is 0 Å². The molecule has 4 aromatic rings. The molecule has 1 aliphatic heterocycles. The summed E-state index contributed by atoms with van der Waals surface area (Å²) < 4.78 is 9.34. The van der Waals surface area contributed by atoms with Gasteiger partial charge in [0.2, 0.25) is 5.91 Å². The normalized spacial score (nSPS) is 16.5. The molecule has 5 rings (SSSR count). The van der Waals surface area contributed by atoms with E-state index >= 15 is 0 Å². The average molecular weight is 373 g/mol. The van der Waals surface area contributed by atoms with Gasteiger partial charge in [-0.05, 0) is 36.4 Å². The monoisotopic (exact) mass is 373 g/mol. The van der Waals surface area contributed by atoms with E-state index in [-0.39, 0.29) is 11.8 Å². The van der Waals surface area contributed by atoms with Crippen LogP contribution in [0.5, 0.6) is 5.75 Å². The van der Waals surface area contributed by atoms with Crippen LogP contribution in [0.1, 0.15) is 29.6 Å². The lowest BCUT2D eigenvalue weighted by Crippen LogP contribution is -2.22. The van der Waals surface area contributed by atoms with Gasteiger partial charge in [-0.15, -0.1) is 0 Å². The van der Waals surface area contributed by atoms with Crippen molar-refractivity contribution in [3.05, 3.63) is 78.3 Å². The Morgan fingerprint density at radius 3 is 2.82 bits per heavy atom. The van der Waals surface area contributed by atoms with Crippen molar-refractivity contribution in [3.63, 3.8) is 0 Å². The Kier molecular flexibility index (Phi) is 3.86. The first-order valence-corrected chi connectivity index (χ1v) is 9.15. The lowest BCUT2D eigenvalue weighted by molar-refractivity contribution is -0.121. The molecule has 1 aromatic carbocycles. The first kappa shape index (κ1) is 16.6. The van der Waals surface area contributed by atoms with Crippen LogP contribution in [-0.2, 0) is 11.3 Å². The van der Waals surface area contributed by atoms with Crippen LogP contribution >= 0.6 is 0 Å². The second kappa shape index (κ2) is 6.53. The third-order valence-corrected chi connectivity index (χ3v) is 5.15. The molecule has 1 aliphatic rings. The predicted octanol–water partition coefficient (Wildman–Crippen LogP) is 2.68. The average Bonchev–Trinajstić information content (AvgIpc) is 3.32. The Labute approximate surface area is 161 Å². The number of benzene rings is 1. The molecule has 3 aromatic heterocycles. The van der Waals surface area contributed by atoms with E-state index in [4.69, 9.17) is 9.72 Å². The first-order chi connectivity index (χ1) is 13.7. The minimum absolute atomic E-state index is 0.00281. The van der Waals surface area contributed by atoms with Crippen molar-refractivity contribution in [2.24, 2.45) is 0 Å². The topological polar surface area (TPSA) is 73.5 Å². The number of nitrogens with zero attached hydrogens (tertiary/aromatic N) is 4. The molecular formula is C21H19N5O2. The van der Waals surface area contributed by atoms with E-state index in [0.717, 1.165) is 34.3 Å². The van der Waals surface area contributed by atoms with Crippen LogP contribution < -0.4 is 10.1 Å². The summed E-state index contributed by atoms with van der Waals surface area (Å²) >= 11 is 0. The van der Waals surface area contributed by atoms with Gasteiger partial charge >= 0.3 is 0 Å². The summed E-state index contributed by atoms with van der Waals surface area (Å²) in [7, 11) is 1.65. The number of pyridine rings is 1. The molecule has 7 nitrogen and oxygen atoms in total. The van der Waals surface area contributed by atoms with Gasteiger partial charge in [-0.1, -0.05) is 6.07 Å². The number of hydrogen-bond donors (Lipinski definition) is 1. The zero-order chi connectivity index (χ0) is 19.1. The van der Waals surface area contributed by atoms with Gasteiger partial charge in [-0.25, -0.2) is 9.97 Å². The van der Waals surface area contributed by atoms with Crippen LogP contribution in [0, 0.1) is 0 Å². The van der Waals surface area contributed by atoms with Gasteiger partial charge < -0.3 is 19.0 Å². The number of amides is 1. The van der Waals surface area contributed by atoms with Crippen molar-refractivity contribution in [2.75, 3.05) is 7.11 Å². The molecule has 0 radical (unpaired) electrons. The zero-order valence-electron chi connectivity index (χ0n) is 15.4. The second-order valence-corrected chi connectivity index (χ2v) is 6.76. The number of fused-ring (bicyclic) bond motifs is 3. The van der Waals surface area contributed by atoms with E-state index in [1.54, 1.807) is 13.3 Å². The minimum Gasteiger partial charge on any atom is -0.497 e. The predicted molar refractivity (Wildman–Crippen MR) is 104 cm³/mol. The summed E-state index contributed by atoms with van der Waals surface area (Å²) in [5.41, 5.74) is 3.73. The number of aromatic nitrogens is 4. The van der Waals surface area contributed by atoms with E-state index < -0.39 is 0 Å². The molecule has 0 aliphatic carbocycles. The first-order valence-electron chi connectivity index (χ1n) is 9.15. The fourth-order valence-corrected chi connectivity index (χ4v) is 3.85. The van der Waals surface area contributed by atoms with Gasteiger partial charge in [0.05, 0.1) is 31.0 Å². The minimum atomic E-state index is -0.202. The number of carbonyl (C=O) groups excluding carboxylic acids is 1. The Balaban J connectivity index is 1.67. The molecule has 0 fully saturated rings. The van der Waals surface area contributed by atoms with Gasteiger partial charge in [0.25, 0.3) is 0 Å². The number of nitrogens with one attached hydrogen (secondary N) is 1. The highest BCUT2D eigenvalue weighted by molar-refractivity contribution is 5.78. The highest BCUT2D eigenvalue weighted by atomic mass is 16.5. The number of imidazole rings is 2. The molecule has 0 unspecified atom stereocenters. The lowest BCUT2D eigenvalue weighted by Gasteiger charge is -2.17. The summed E-state index contributed by atoms with van der Waals surface area (Å²) in [5.74, 6) is 1.40.